The van der Waals surface area contributed by atoms with Crippen LogP contribution in [0, 0.1) is 0 Å². The predicted octanol–water partition coefficient (Wildman–Crippen LogP) is 2.53. The number of aromatic nitrogens is 1. The average molecular weight is 388 g/mol. The highest BCUT2D eigenvalue weighted by Crippen LogP contribution is 2.26. The van der Waals surface area contributed by atoms with Crippen molar-refractivity contribution in [3.05, 3.63) is 52.3 Å². The van der Waals surface area contributed by atoms with Crippen LogP contribution in [0.25, 0.3) is 0 Å². The highest BCUT2D eigenvalue weighted by atomic mass is 35.5. The lowest BCUT2D eigenvalue weighted by atomic mass is 10.1. The minimum absolute atomic E-state index is 0.0727. The summed E-state index contributed by atoms with van der Waals surface area (Å²) < 4.78 is 27.4. The Morgan fingerprint density at radius 1 is 1.29 bits per heavy atom. The maximum Gasteiger partial charge on any atom is 0.185 e. The molecule has 4 nitrogen and oxygen atoms in total. The molecule has 2 atom stereocenters. The monoisotopic (exact) mass is 387 g/mol. The molecule has 1 aromatic carbocycles. The Balaban J connectivity index is 1.75. The van der Waals surface area contributed by atoms with E-state index in [9.17, 15) is 8.42 Å². The molecular formula is C17H21Cl2N2O2S+. The Morgan fingerprint density at radius 2 is 2.08 bits per heavy atom. The first-order chi connectivity index (χ1) is 11.4. The average Bonchev–Trinajstić information content (AvgIpc) is 3.15. The third kappa shape index (κ3) is 3.64. The number of hydrogen-bond donors (Lipinski definition) is 1. The molecule has 7 heteroatoms. The fourth-order valence-electron chi connectivity index (χ4n) is 3.50. The van der Waals surface area contributed by atoms with E-state index in [1.54, 1.807) is 6.07 Å². The molecular weight excluding hydrogens is 367 g/mol. The van der Waals surface area contributed by atoms with Crippen LogP contribution in [-0.4, -0.2) is 31.8 Å². The Bertz CT molecular complexity index is 833. The zero-order chi connectivity index (χ0) is 17.3. The molecule has 1 aliphatic heterocycles. The second-order valence-electron chi connectivity index (χ2n) is 6.29. The summed E-state index contributed by atoms with van der Waals surface area (Å²) in [7, 11) is -1.41. The number of hydrogen-bond acceptors (Lipinski definition) is 2. The van der Waals surface area contributed by atoms with E-state index in [-0.39, 0.29) is 15.7 Å². The normalized spacial score (nSPS) is 21.3. The summed E-state index contributed by atoms with van der Waals surface area (Å²) in [5.74, 6) is 0.0727. The van der Waals surface area contributed by atoms with Gasteiger partial charge in [0.1, 0.15) is 11.8 Å². The zero-order valence-electron chi connectivity index (χ0n) is 13.5. The van der Waals surface area contributed by atoms with Crippen molar-refractivity contribution in [2.45, 2.75) is 23.8 Å². The summed E-state index contributed by atoms with van der Waals surface area (Å²) in [6.07, 6.45) is 4.24. The lowest BCUT2D eigenvalue weighted by Gasteiger charge is -2.22. The SMILES string of the molecule is Cn1cccc1[C@@H]1CCC[NH+]1CCS(=O)(=O)c1cc(Cl)ccc1Cl. The molecule has 1 unspecified atom stereocenters. The number of nitrogens with one attached hydrogen (secondary N) is 1. The maximum atomic E-state index is 12.7. The number of sulfone groups is 1. The van der Waals surface area contributed by atoms with Gasteiger partial charge in [0.2, 0.25) is 0 Å². The van der Waals surface area contributed by atoms with Crippen LogP contribution >= 0.6 is 23.2 Å². The van der Waals surface area contributed by atoms with Gasteiger partial charge >= 0.3 is 0 Å². The third-order valence-electron chi connectivity index (χ3n) is 4.74. The fraction of sp³-hybridized carbons (Fsp3) is 0.412. The van der Waals surface area contributed by atoms with Gasteiger partial charge in [0, 0.05) is 31.1 Å². The standard InChI is InChI=1S/C17H20Cl2N2O2S/c1-20-8-2-4-15(20)16-5-3-9-21(16)10-11-24(22,23)17-12-13(18)6-7-14(17)19/h2,4,6-8,12,16H,3,5,9-11H2,1H3/p+1/t16-/m0/s1. The second kappa shape index (κ2) is 7.08. The van der Waals surface area contributed by atoms with Crippen LogP contribution in [-0.2, 0) is 16.9 Å². The third-order valence-corrected chi connectivity index (χ3v) is 7.17. The predicted molar refractivity (Wildman–Crippen MR) is 96.6 cm³/mol. The largest absolute Gasteiger partial charge is 0.350 e. The Hall–Kier alpha value is -1.01. The van der Waals surface area contributed by atoms with Gasteiger partial charge in [-0.2, -0.15) is 0 Å². The van der Waals surface area contributed by atoms with Gasteiger partial charge in [-0.25, -0.2) is 8.42 Å². The Kier molecular flexibility index (Phi) is 5.25. The minimum atomic E-state index is -3.45. The Morgan fingerprint density at radius 3 is 2.79 bits per heavy atom. The lowest BCUT2D eigenvalue weighted by Crippen LogP contribution is -3.11. The van der Waals surface area contributed by atoms with Crippen molar-refractivity contribution in [1.29, 1.82) is 0 Å². The summed E-state index contributed by atoms with van der Waals surface area (Å²) in [5, 5.41) is 0.614. The molecule has 0 aliphatic carbocycles. The molecule has 1 saturated heterocycles. The number of nitrogens with zero attached hydrogens (tertiary/aromatic N) is 1. The van der Waals surface area contributed by atoms with Gasteiger partial charge in [-0.15, -0.1) is 0 Å². The van der Waals surface area contributed by atoms with Gasteiger partial charge in [-0.3, -0.25) is 0 Å². The molecule has 2 aromatic rings. The van der Waals surface area contributed by atoms with Crippen LogP contribution in [0.2, 0.25) is 10.0 Å². The van der Waals surface area contributed by atoms with Crippen LogP contribution in [0.1, 0.15) is 24.6 Å². The van der Waals surface area contributed by atoms with E-state index in [1.807, 2.05) is 19.3 Å². The first-order valence-corrected chi connectivity index (χ1v) is 10.4. The van der Waals surface area contributed by atoms with Crippen molar-refractivity contribution in [2.75, 3.05) is 18.8 Å². The molecule has 130 valence electrons. The van der Waals surface area contributed by atoms with Crippen molar-refractivity contribution in [2.24, 2.45) is 7.05 Å². The van der Waals surface area contributed by atoms with E-state index in [0.29, 0.717) is 17.6 Å². The molecule has 2 heterocycles. The van der Waals surface area contributed by atoms with Crippen LogP contribution in [0.15, 0.2) is 41.4 Å². The smallest absolute Gasteiger partial charge is 0.185 e. The molecule has 0 radical (unpaired) electrons. The highest BCUT2D eigenvalue weighted by molar-refractivity contribution is 7.91. The number of likely N-dealkylation sites (tertiary alicyclic amines) is 1. The molecule has 1 aliphatic rings. The molecule has 1 fully saturated rings. The van der Waals surface area contributed by atoms with Gasteiger partial charge in [-0.1, -0.05) is 23.2 Å². The summed E-state index contributed by atoms with van der Waals surface area (Å²) in [4.78, 5) is 1.45. The van der Waals surface area contributed by atoms with Crippen LogP contribution < -0.4 is 4.90 Å². The number of aryl methyl sites for hydroxylation is 1. The van der Waals surface area contributed by atoms with Crippen molar-refractivity contribution >= 4 is 33.0 Å². The van der Waals surface area contributed by atoms with Gasteiger partial charge in [-0.05, 0) is 30.3 Å². The van der Waals surface area contributed by atoms with Gasteiger partial charge < -0.3 is 9.47 Å². The zero-order valence-corrected chi connectivity index (χ0v) is 15.8. The van der Waals surface area contributed by atoms with Crippen LogP contribution in [0.4, 0.5) is 0 Å². The summed E-state index contributed by atoms with van der Waals surface area (Å²) in [5.41, 5.74) is 1.26. The first-order valence-electron chi connectivity index (χ1n) is 8.02. The van der Waals surface area contributed by atoms with Gasteiger partial charge in [0.05, 0.1) is 28.7 Å². The van der Waals surface area contributed by atoms with E-state index >= 15 is 0 Å². The van der Waals surface area contributed by atoms with Crippen LogP contribution in [0.3, 0.4) is 0 Å². The highest BCUT2D eigenvalue weighted by Gasteiger charge is 2.33. The maximum absolute atomic E-state index is 12.7. The van der Waals surface area contributed by atoms with E-state index in [4.69, 9.17) is 23.2 Å². The number of quaternary nitrogens is 1. The molecule has 0 bridgehead atoms. The van der Waals surface area contributed by atoms with Crippen molar-refractivity contribution in [3.8, 4) is 0 Å². The van der Waals surface area contributed by atoms with Crippen LogP contribution in [0.5, 0.6) is 0 Å². The number of halogens is 2. The van der Waals surface area contributed by atoms with Gasteiger partial charge in [0.15, 0.2) is 9.84 Å². The topological polar surface area (TPSA) is 43.5 Å². The van der Waals surface area contributed by atoms with Crippen molar-refractivity contribution in [1.82, 2.24) is 4.57 Å². The molecule has 1 N–H and O–H groups in total. The number of rotatable bonds is 5. The van der Waals surface area contributed by atoms with Gasteiger partial charge in [0.25, 0.3) is 0 Å². The quantitative estimate of drug-likeness (QED) is 0.856. The van der Waals surface area contributed by atoms with Crippen molar-refractivity contribution < 1.29 is 13.3 Å². The Labute approximate surface area is 152 Å². The molecule has 0 spiro atoms. The fourth-order valence-corrected chi connectivity index (χ4v) is 5.62. The van der Waals surface area contributed by atoms with Crippen molar-refractivity contribution in [3.63, 3.8) is 0 Å². The van der Waals surface area contributed by atoms with E-state index < -0.39 is 9.84 Å². The summed E-state index contributed by atoms with van der Waals surface area (Å²) >= 11 is 12.0. The molecule has 0 amide bonds. The van der Waals surface area contributed by atoms with E-state index in [2.05, 4.69) is 10.6 Å². The summed E-state index contributed by atoms with van der Waals surface area (Å²) in [6, 6.07) is 9.08. The lowest BCUT2D eigenvalue weighted by molar-refractivity contribution is -0.916. The van der Waals surface area contributed by atoms with E-state index in [0.717, 1.165) is 19.4 Å². The summed E-state index contributed by atoms with van der Waals surface area (Å²) in [6.45, 7) is 1.57. The second-order valence-corrected chi connectivity index (χ2v) is 9.21. The van der Waals surface area contributed by atoms with E-state index in [1.165, 1.54) is 22.7 Å². The molecule has 0 saturated carbocycles. The minimum Gasteiger partial charge on any atom is -0.350 e. The molecule has 24 heavy (non-hydrogen) atoms. The number of benzene rings is 1. The molecule has 1 aromatic heterocycles. The molecule has 3 rings (SSSR count). The first kappa shape index (κ1) is 17.8.